The minimum Gasteiger partial charge on any atom is -0.466 e. The minimum absolute atomic E-state index is 0.0797. The first-order valence-electron chi connectivity index (χ1n) is 4.55. The summed E-state index contributed by atoms with van der Waals surface area (Å²) in [5.41, 5.74) is 1.03. The van der Waals surface area contributed by atoms with Crippen LogP contribution in [0.15, 0.2) is 23.3 Å². The Morgan fingerprint density at radius 3 is 1.93 bits per heavy atom. The molecule has 4 heteroatoms. The summed E-state index contributed by atoms with van der Waals surface area (Å²) in [6, 6.07) is 0. The van der Waals surface area contributed by atoms with Gasteiger partial charge in [0.05, 0.1) is 7.11 Å². The molecule has 0 aromatic heterocycles. The van der Waals surface area contributed by atoms with E-state index in [1.807, 2.05) is 0 Å². The number of likely N-dealkylation sites (N-methyl/N-ethyl adjacent to an activating group) is 1. The number of hydrogen-bond acceptors (Lipinski definition) is 3. The molecule has 0 aromatic carbocycles. The van der Waals surface area contributed by atoms with Gasteiger partial charge in [0, 0.05) is 25.2 Å². The van der Waals surface area contributed by atoms with Crippen molar-refractivity contribution in [1.29, 1.82) is 0 Å². The highest BCUT2D eigenvalue weighted by atomic mass is 16.5. The highest BCUT2D eigenvalue weighted by Gasteiger charge is 2.06. The van der Waals surface area contributed by atoms with E-state index in [4.69, 9.17) is 0 Å². The van der Waals surface area contributed by atoms with Crippen molar-refractivity contribution in [3.05, 3.63) is 23.3 Å². The highest BCUT2D eigenvalue weighted by molar-refractivity contribution is 5.93. The SMILES string of the molecule is COC(=O)/C(C)=C/C=C(\C)C(=O)N(C)C. The molecule has 0 aliphatic carbocycles. The van der Waals surface area contributed by atoms with E-state index in [0.29, 0.717) is 11.1 Å². The van der Waals surface area contributed by atoms with Gasteiger partial charge in [0.15, 0.2) is 0 Å². The van der Waals surface area contributed by atoms with E-state index in [1.165, 1.54) is 12.0 Å². The number of allylic oxidation sites excluding steroid dienone is 2. The van der Waals surface area contributed by atoms with Crippen molar-refractivity contribution >= 4 is 11.9 Å². The number of rotatable bonds is 3. The zero-order chi connectivity index (χ0) is 12.0. The average Bonchev–Trinajstić information content (AvgIpc) is 2.22. The van der Waals surface area contributed by atoms with Crippen LogP contribution in [-0.2, 0) is 14.3 Å². The smallest absolute Gasteiger partial charge is 0.333 e. The maximum Gasteiger partial charge on any atom is 0.333 e. The maximum absolute atomic E-state index is 11.4. The summed E-state index contributed by atoms with van der Waals surface area (Å²) in [6.07, 6.45) is 3.18. The Balaban J connectivity index is 4.65. The van der Waals surface area contributed by atoms with Crippen molar-refractivity contribution in [2.24, 2.45) is 0 Å². The fourth-order valence-corrected chi connectivity index (χ4v) is 0.903. The van der Waals surface area contributed by atoms with Gasteiger partial charge in [-0.25, -0.2) is 4.79 Å². The number of carbonyl (C=O) groups is 2. The molecule has 0 atom stereocenters. The molecule has 0 aromatic rings. The van der Waals surface area contributed by atoms with E-state index in [2.05, 4.69) is 4.74 Å². The van der Waals surface area contributed by atoms with Crippen LogP contribution in [0.25, 0.3) is 0 Å². The zero-order valence-corrected chi connectivity index (χ0v) is 9.83. The lowest BCUT2D eigenvalue weighted by atomic mass is 10.2. The third-order valence-electron chi connectivity index (χ3n) is 1.83. The van der Waals surface area contributed by atoms with E-state index in [0.717, 1.165) is 0 Å². The topological polar surface area (TPSA) is 46.6 Å². The van der Waals surface area contributed by atoms with Crippen LogP contribution in [0, 0.1) is 0 Å². The van der Waals surface area contributed by atoms with E-state index in [1.54, 1.807) is 40.1 Å². The Kier molecular flexibility index (Phi) is 5.37. The highest BCUT2D eigenvalue weighted by Crippen LogP contribution is 2.01. The van der Waals surface area contributed by atoms with Gasteiger partial charge in [0.25, 0.3) is 0 Å². The number of amides is 1. The van der Waals surface area contributed by atoms with Crippen molar-refractivity contribution in [2.45, 2.75) is 13.8 Å². The van der Waals surface area contributed by atoms with Gasteiger partial charge in [0.2, 0.25) is 5.91 Å². The van der Waals surface area contributed by atoms with Crippen LogP contribution in [0.5, 0.6) is 0 Å². The normalized spacial score (nSPS) is 12.3. The van der Waals surface area contributed by atoms with Gasteiger partial charge < -0.3 is 9.64 Å². The first-order valence-corrected chi connectivity index (χ1v) is 4.55. The van der Waals surface area contributed by atoms with E-state index < -0.39 is 5.97 Å². The third kappa shape index (κ3) is 4.44. The Labute approximate surface area is 90.2 Å². The minimum atomic E-state index is -0.392. The molecule has 15 heavy (non-hydrogen) atoms. The molecular formula is C11H17NO3. The fourth-order valence-electron chi connectivity index (χ4n) is 0.903. The molecule has 0 spiro atoms. The number of nitrogens with zero attached hydrogens (tertiary/aromatic N) is 1. The Bertz CT molecular complexity index is 314. The molecule has 0 aliphatic rings. The average molecular weight is 211 g/mol. The predicted octanol–water partition coefficient (Wildman–Crippen LogP) is 1.14. The number of carbonyl (C=O) groups excluding carboxylic acids is 2. The maximum atomic E-state index is 11.4. The molecule has 1 amide bonds. The molecular weight excluding hydrogens is 194 g/mol. The summed E-state index contributed by atoms with van der Waals surface area (Å²) in [6.45, 7) is 3.33. The van der Waals surface area contributed by atoms with Gasteiger partial charge in [-0.3, -0.25) is 4.79 Å². The molecule has 0 unspecified atom stereocenters. The summed E-state index contributed by atoms with van der Waals surface area (Å²) in [7, 11) is 4.67. The van der Waals surface area contributed by atoms with Gasteiger partial charge in [-0.1, -0.05) is 12.2 Å². The first-order chi connectivity index (χ1) is 6.90. The molecule has 0 fully saturated rings. The third-order valence-corrected chi connectivity index (χ3v) is 1.83. The van der Waals surface area contributed by atoms with E-state index in [-0.39, 0.29) is 5.91 Å². The van der Waals surface area contributed by atoms with Gasteiger partial charge in [0.1, 0.15) is 0 Å². The van der Waals surface area contributed by atoms with Crippen molar-refractivity contribution in [1.82, 2.24) is 4.90 Å². The van der Waals surface area contributed by atoms with Crippen LogP contribution < -0.4 is 0 Å². The van der Waals surface area contributed by atoms with Gasteiger partial charge in [-0.2, -0.15) is 0 Å². The summed E-state index contributed by atoms with van der Waals surface area (Å²) >= 11 is 0. The largest absolute Gasteiger partial charge is 0.466 e. The fraction of sp³-hybridized carbons (Fsp3) is 0.455. The summed E-state index contributed by atoms with van der Waals surface area (Å²) < 4.78 is 4.52. The molecule has 0 bridgehead atoms. The van der Waals surface area contributed by atoms with Crippen LogP contribution in [0.2, 0.25) is 0 Å². The second-order valence-corrected chi connectivity index (χ2v) is 3.39. The quantitative estimate of drug-likeness (QED) is 0.399. The number of esters is 1. The molecule has 0 radical (unpaired) electrons. The summed E-state index contributed by atoms with van der Waals surface area (Å²) in [5.74, 6) is -0.472. The molecule has 0 rings (SSSR count). The molecule has 0 heterocycles. The Morgan fingerprint density at radius 2 is 1.53 bits per heavy atom. The van der Waals surface area contributed by atoms with Gasteiger partial charge in [-0.05, 0) is 13.8 Å². The molecule has 4 nitrogen and oxygen atoms in total. The number of ether oxygens (including phenoxy) is 1. The summed E-state index contributed by atoms with van der Waals surface area (Å²) in [5, 5.41) is 0. The first kappa shape index (κ1) is 13.4. The lowest BCUT2D eigenvalue weighted by Gasteiger charge is -2.09. The van der Waals surface area contributed by atoms with E-state index in [9.17, 15) is 9.59 Å². The van der Waals surface area contributed by atoms with Gasteiger partial charge >= 0.3 is 5.97 Å². The molecule has 84 valence electrons. The van der Waals surface area contributed by atoms with Crippen LogP contribution in [0.1, 0.15) is 13.8 Å². The van der Waals surface area contributed by atoms with Crippen molar-refractivity contribution in [3.8, 4) is 0 Å². The number of hydrogen-bond donors (Lipinski definition) is 0. The molecule has 0 saturated heterocycles. The Hall–Kier alpha value is -1.58. The van der Waals surface area contributed by atoms with Crippen LogP contribution in [-0.4, -0.2) is 38.0 Å². The van der Waals surface area contributed by atoms with Gasteiger partial charge in [-0.15, -0.1) is 0 Å². The van der Waals surface area contributed by atoms with Crippen molar-refractivity contribution in [3.63, 3.8) is 0 Å². The summed E-state index contributed by atoms with van der Waals surface area (Å²) in [4.78, 5) is 23.9. The monoisotopic (exact) mass is 211 g/mol. The van der Waals surface area contributed by atoms with Crippen molar-refractivity contribution in [2.75, 3.05) is 21.2 Å². The van der Waals surface area contributed by atoms with Crippen LogP contribution in [0.4, 0.5) is 0 Å². The molecule has 0 aliphatic heterocycles. The molecule has 0 N–H and O–H groups in total. The lowest BCUT2D eigenvalue weighted by molar-refractivity contribution is -0.136. The standard InChI is InChI=1S/C11H17NO3/c1-8(10(13)12(3)4)6-7-9(2)11(14)15-5/h6-7H,1-5H3/b8-6+,9-7+. The second-order valence-electron chi connectivity index (χ2n) is 3.39. The molecule has 0 saturated carbocycles. The van der Waals surface area contributed by atoms with Crippen LogP contribution >= 0.6 is 0 Å². The Morgan fingerprint density at radius 1 is 1.07 bits per heavy atom. The lowest BCUT2D eigenvalue weighted by Crippen LogP contribution is -2.22. The van der Waals surface area contributed by atoms with E-state index >= 15 is 0 Å². The second kappa shape index (κ2) is 6.01. The number of methoxy groups -OCH3 is 1. The zero-order valence-electron chi connectivity index (χ0n) is 9.83. The predicted molar refractivity (Wildman–Crippen MR) is 58.2 cm³/mol. The van der Waals surface area contributed by atoms with Crippen LogP contribution in [0.3, 0.4) is 0 Å². The van der Waals surface area contributed by atoms with Crippen molar-refractivity contribution < 1.29 is 14.3 Å².